The Hall–Kier alpha value is -2.00. The first-order valence-electron chi connectivity index (χ1n) is 6.48. The number of hydrogen-bond acceptors (Lipinski definition) is 2. The van der Waals surface area contributed by atoms with Gasteiger partial charge in [0.15, 0.2) is 0 Å². The number of halogens is 1. The number of para-hydroxylation sites is 1. The maximum absolute atomic E-state index is 12.1. The van der Waals surface area contributed by atoms with E-state index in [0.717, 1.165) is 11.4 Å². The van der Waals surface area contributed by atoms with Gasteiger partial charge in [0.1, 0.15) is 0 Å². The number of benzene rings is 2. The summed E-state index contributed by atoms with van der Waals surface area (Å²) >= 11 is 5.82. The second kappa shape index (κ2) is 6.96. The van der Waals surface area contributed by atoms with Crippen molar-refractivity contribution < 1.29 is 4.79 Å². The fraction of sp³-hybridized carbons (Fsp3) is 0.188. The molecule has 0 bridgehead atoms. The quantitative estimate of drug-likeness (QED) is 0.907. The van der Waals surface area contributed by atoms with E-state index < -0.39 is 0 Å². The molecule has 0 fully saturated rings. The van der Waals surface area contributed by atoms with Crippen LogP contribution in [0.5, 0.6) is 0 Å². The van der Waals surface area contributed by atoms with Crippen LogP contribution in [-0.4, -0.2) is 19.5 Å². The van der Waals surface area contributed by atoms with Crippen molar-refractivity contribution >= 4 is 28.9 Å². The highest BCUT2D eigenvalue weighted by Crippen LogP contribution is 2.14. The first-order valence-corrected chi connectivity index (χ1v) is 6.85. The Labute approximate surface area is 124 Å². The highest BCUT2D eigenvalue weighted by molar-refractivity contribution is 6.30. The SMILES string of the molecule is CN(C(=O)CCNc1ccc(Cl)cc1)c1ccccc1. The van der Waals surface area contributed by atoms with Crippen LogP contribution in [-0.2, 0) is 4.79 Å². The van der Waals surface area contributed by atoms with Gasteiger partial charge in [-0.15, -0.1) is 0 Å². The number of nitrogens with one attached hydrogen (secondary N) is 1. The number of carbonyl (C=O) groups excluding carboxylic acids is 1. The molecule has 0 radical (unpaired) electrons. The Kier molecular flexibility index (Phi) is 5.02. The average Bonchev–Trinajstić information content (AvgIpc) is 2.49. The first-order chi connectivity index (χ1) is 9.66. The Morgan fingerprint density at radius 3 is 2.40 bits per heavy atom. The second-order valence-electron chi connectivity index (χ2n) is 4.47. The summed E-state index contributed by atoms with van der Waals surface area (Å²) < 4.78 is 0. The van der Waals surface area contributed by atoms with Gasteiger partial charge >= 0.3 is 0 Å². The van der Waals surface area contributed by atoms with Gasteiger partial charge in [-0.3, -0.25) is 4.79 Å². The van der Waals surface area contributed by atoms with Crippen molar-refractivity contribution in [2.75, 3.05) is 23.8 Å². The van der Waals surface area contributed by atoms with Crippen molar-refractivity contribution in [2.24, 2.45) is 0 Å². The standard InChI is InChI=1S/C16H17ClN2O/c1-19(15-5-3-2-4-6-15)16(20)11-12-18-14-9-7-13(17)8-10-14/h2-10,18H,11-12H2,1H3. The fourth-order valence-electron chi connectivity index (χ4n) is 1.84. The van der Waals surface area contributed by atoms with Gasteiger partial charge in [-0.05, 0) is 36.4 Å². The molecule has 20 heavy (non-hydrogen) atoms. The van der Waals surface area contributed by atoms with Gasteiger partial charge in [0.2, 0.25) is 5.91 Å². The zero-order valence-electron chi connectivity index (χ0n) is 11.3. The summed E-state index contributed by atoms with van der Waals surface area (Å²) in [6, 6.07) is 17.1. The lowest BCUT2D eigenvalue weighted by Crippen LogP contribution is -2.27. The maximum Gasteiger partial charge on any atom is 0.228 e. The molecule has 4 heteroatoms. The molecule has 0 saturated heterocycles. The lowest BCUT2D eigenvalue weighted by molar-refractivity contribution is -0.118. The predicted molar refractivity (Wildman–Crippen MR) is 84.4 cm³/mol. The minimum absolute atomic E-state index is 0.0812. The zero-order chi connectivity index (χ0) is 14.4. The third kappa shape index (κ3) is 4.00. The van der Waals surface area contributed by atoms with Crippen LogP contribution >= 0.6 is 11.6 Å². The summed E-state index contributed by atoms with van der Waals surface area (Å²) in [5.74, 6) is 0.0812. The molecule has 0 unspecified atom stereocenters. The van der Waals surface area contributed by atoms with Crippen LogP contribution in [0.25, 0.3) is 0 Å². The van der Waals surface area contributed by atoms with Crippen LogP contribution in [0.15, 0.2) is 54.6 Å². The van der Waals surface area contributed by atoms with E-state index in [-0.39, 0.29) is 5.91 Å². The first kappa shape index (κ1) is 14.4. The summed E-state index contributed by atoms with van der Waals surface area (Å²) in [5.41, 5.74) is 1.87. The van der Waals surface area contributed by atoms with E-state index in [1.165, 1.54) is 0 Å². The van der Waals surface area contributed by atoms with Crippen molar-refractivity contribution in [3.63, 3.8) is 0 Å². The Bertz CT molecular complexity index is 554. The molecule has 1 N–H and O–H groups in total. The molecule has 3 nitrogen and oxygen atoms in total. The second-order valence-corrected chi connectivity index (χ2v) is 4.91. The molecule has 0 heterocycles. The van der Waals surface area contributed by atoms with Crippen molar-refractivity contribution in [2.45, 2.75) is 6.42 Å². The van der Waals surface area contributed by atoms with Crippen LogP contribution < -0.4 is 10.2 Å². The molecule has 0 aliphatic carbocycles. The van der Waals surface area contributed by atoms with Crippen LogP contribution in [0.2, 0.25) is 5.02 Å². The summed E-state index contributed by atoms with van der Waals surface area (Å²) in [5, 5.41) is 3.91. The zero-order valence-corrected chi connectivity index (χ0v) is 12.1. The number of anilines is 2. The van der Waals surface area contributed by atoms with Crippen molar-refractivity contribution in [3.05, 3.63) is 59.6 Å². The Balaban J connectivity index is 1.82. The van der Waals surface area contributed by atoms with Crippen LogP contribution in [0, 0.1) is 0 Å². The molecule has 2 rings (SSSR count). The fourth-order valence-corrected chi connectivity index (χ4v) is 1.97. The van der Waals surface area contributed by atoms with E-state index in [0.29, 0.717) is 18.0 Å². The van der Waals surface area contributed by atoms with Gasteiger partial charge in [0.05, 0.1) is 0 Å². The predicted octanol–water partition coefficient (Wildman–Crippen LogP) is 3.81. The molecule has 2 aromatic rings. The normalized spacial score (nSPS) is 10.1. The highest BCUT2D eigenvalue weighted by atomic mass is 35.5. The minimum Gasteiger partial charge on any atom is -0.385 e. The molecule has 0 aliphatic heterocycles. The molecule has 0 saturated carbocycles. The highest BCUT2D eigenvalue weighted by Gasteiger charge is 2.09. The molecular formula is C16H17ClN2O. The van der Waals surface area contributed by atoms with Gasteiger partial charge in [-0.1, -0.05) is 29.8 Å². The van der Waals surface area contributed by atoms with E-state index in [1.54, 1.807) is 11.9 Å². The number of carbonyl (C=O) groups is 1. The lowest BCUT2D eigenvalue weighted by atomic mass is 10.2. The number of rotatable bonds is 5. The molecule has 0 aliphatic rings. The van der Waals surface area contributed by atoms with Gasteiger partial charge in [-0.2, -0.15) is 0 Å². The van der Waals surface area contributed by atoms with E-state index >= 15 is 0 Å². The number of amides is 1. The third-order valence-electron chi connectivity index (χ3n) is 3.03. The van der Waals surface area contributed by atoms with Gasteiger partial charge in [0, 0.05) is 36.4 Å². The summed E-state index contributed by atoms with van der Waals surface area (Å²) in [6.45, 7) is 0.595. The van der Waals surface area contributed by atoms with E-state index in [2.05, 4.69) is 5.32 Å². The van der Waals surface area contributed by atoms with Gasteiger partial charge in [-0.25, -0.2) is 0 Å². The third-order valence-corrected chi connectivity index (χ3v) is 3.28. The summed E-state index contributed by atoms with van der Waals surface area (Å²) in [4.78, 5) is 13.7. The van der Waals surface area contributed by atoms with Crippen LogP contribution in [0.1, 0.15) is 6.42 Å². The van der Waals surface area contributed by atoms with Crippen LogP contribution in [0.3, 0.4) is 0 Å². The van der Waals surface area contributed by atoms with Gasteiger partial charge < -0.3 is 10.2 Å². The molecule has 0 spiro atoms. The smallest absolute Gasteiger partial charge is 0.228 e. The molecule has 0 atom stereocenters. The minimum atomic E-state index is 0.0812. The van der Waals surface area contributed by atoms with Crippen LogP contribution in [0.4, 0.5) is 11.4 Å². The topological polar surface area (TPSA) is 32.3 Å². The molecule has 104 valence electrons. The van der Waals surface area contributed by atoms with Crippen molar-refractivity contribution in [1.29, 1.82) is 0 Å². The van der Waals surface area contributed by atoms with Crippen molar-refractivity contribution in [3.8, 4) is 0 Å². The van der Waals surface area contributed by atoms with E-state index in [9.17, 15) is 4.79 Å². The van der Waals surface area contributed by atoms with Crippen molar-refractivity contribution in [1.82, 2.24) is 0 Å². The molecular weight excluding hydrogens is 272 g/mol. The summed E-state index contributed by atoms with van der Waals surface area (Å²) in [7, 11) is 1.79. The molecule has 0 aromatic heterocycles. The van der Waals surface area contributed by atoms with E-state index in [4.69, 9.17) is 11.6 Å². The average molecular weight is 289 g/mol. The Morgan fingerprint density at radius 2 is 1.75 bits per heavy atom. The van der Waals surface area contributed by atoms with Gasteiger partial charge in [0.25, 0.3) is 0 Å². The number of nitrogens with zero attached hydrogens (tertiary/aromatic N) is 1. The molecule has 1 amide bonds. The lowest BCUT2D eigenvalue weighted by Gasteiger charge is -2.17. The maximum atomic E-state index is 12.1. The Morgan fingerprint density at radius 1 is 1.10 bits per heavy atom. The largest absolute Gasteiger partial charge is 0.385 e. The van der Waals surface area contributed by atoms with E-state index in [1.807, 2.05) is 54.6 Å². The monoisotopic (exact) mass is 288 g/mol. The number of hydrogen-bond donors (Lipinski definition) is 1. The summed E-state index contributed by atoms with van der Waals surface area (Å²) in [6.07, 6.45) is 0.439. The molecule has 2 aromatic carbocycles.